The SMILES string of the molecule is CC(C)(C)OC(=O)N1CCc2nc(C=NNc3ncnc4sc(C(C)(C)C)cc34)sc2C1. The van der Waals surface area contributed by atoms with Gasteiger partial charge >= 0.3 is 6.09 Å². The number of nitrogens with zero attached hydrogens (tertiary/aromatic N) is 5. The summed E-state index contributed by atoms with van der Waals surface area (Å²) >= 11 is 3.22. The summed E-state index contributed by atoms with van der Waals surface area (Å²) < 4.78 is 5.49. The van der Waals surface area contributed by atoms with Crippen molar-refractivity contribution in [2.75, 3.05) is 12.0 Å². The molecule has 4 heterocycles. The van der Waals surface area contributed by atoms with Crippen LogP contribution in [0.1, 0.15) is 62.0 Å². The molecule has 0 saturated carbocycles. The lowest BCUT2D eigenvalue weighted by molar-refractivity contribution is 0.0225. The number of nitrogens with one attached hydrogen (secondary N) is 1. The molecule has 1 aliphatic rings. The Labute approximate surface area is 195 Å². The van der Waals surface area contributed by atoms with Gasteiger partial charge < -0.3 is 9.64 Å². The van der Waals surface area contributed by atoms with E-state index < -0.39 is 5.60 Å². The number of hydrogen-bond donors (Lipinski definition) is 1. The van der Waals surface area contributed by atoms with Crippen molar-refractivity contribution in [2.45, 2.75) is 65.5 Å². The number of hydrazone groups is 1. The molecule has 0 unspecified atom stereocenters. The molecule has 170 valence electrons. The van der Waals surface area contributed by atoms with E-state index in [1.165, 1.54) is 4.88 Å². The summed E-state index contributed by atoms with van der Waals surface area (Å²) in [6, 6.07) is 2.13. The fourth-order valence-electron chi connectivity index (χ4n) is 3.22. The second-order valence-corrected chi connectivity index (χ2v) is 11.9. The molecule has 4 rings (SSSR count). The minimum atomic E-state index is -0.503. The highest BCUT2D eigenvalue weighted by molar-refractivity contribution is 7.18. The molecule has 3 aromatic rings. The van der Waals surface area contributed by atoms with E-state index in [2.05, 4.69) is 52.3 Å². The Balaban J connectivity index is 1.45. The maximum atomic E-state index is 12.4. The van der Waals surface area contributed by atoms with Gasteiger partial charge in [0.25, 0.3) is 0 Å². The van der Waals surface area contributed by atoms with E-state index in [9.17, 15) is 4.79 Å². The van der Waals surface area contributed by atoms with Gasteiger partial charge in [-0.1, -0.05) is 20.8 Å². The second kappa shape index (κ2) is 8.40. The molecule has 10 heteroatoms. The number of carbonyl (C=O) groups is 1. The Morgan fingerprint density at radius 3 is 2.72 bits per heavy atom. The first-order chi connectivity index (χ1) is 15.0. The van der Waals surface area contributed by atoms with E-state index in [1.54, 1.807) is 40.1 Å². The summed E-state index contributed by atoms with van der Waals surface area (Å²) in [5.74, 6) is 0.676. The summed E-state index contributed by atoms with van der Waals surface area (Å²) in [4.78, 5) is 30.8. The number of thiophene rings is 1. The van der Waals surface area contributed by atoms with E-state index in [4.69, 9.17) is 4.74 Å². The van der Waals surface area contributed by atoms with Crippen molar-refractivity contribution in [3.05, 3.63) is 32.8 Å². The molecule has 0 fully saturated rings. The van der Waals surface area contributed by atoms with Gasteiger partial charge in [0.15, 0.2) is 5.82 Å². The molecular formula is C22H28N6O2S2. The van der Waals surface area contributed by atoms with Gasteiger partial charge in [-0.05, 0) is 32.3 Å². The molecule has 0 aromatic carbocycles. The quantitative estimate of drug-likeness (QED) is 0.417. The molecule has 8 nitrogen and oxygen atoms in total. The maximum absolute atomic E-state index is 12.4. The van der Waals surface area contributed by atoms with Gasteiger partial charge in [-0.2, -0.15) is 5.10 Å². The number of thiazole rings is 1. The zero-order valence-corrected chi connectivity index (χ0v) is 20.9. The van der Waals surface area contributed by atoms with Crippen molar-refractivity contribution < 1.29 is 9.53 Å². The third kappa shape index (κ3) is 5.07. The number of hydrogen-bond acceptors (Lipinski definition) is 9. The van der Waals surface area contributed by atoms with Crippen LogP contribution in [0.25, 0.3) is 10.2 Å². The van der Waals surface area contributed by atoms with Crippen LogP contribution in [-0.4, -0.2) is 44.3 Å². The smallest absolute Gasteiger partial charge is 0.410 e. The highest BCUT2D eigenvalue weighted by Gasteiger charge is 2.27. The zero-order chi connectivity index (χ0) is 23.1. The zero-order valence-electron chi connectivity index (χ0n) is 19.2. The molecule has 32 heavy (non-hydrogen) atoms. The minimum Gasteiger partial charge on any atom is -0.444 e. The summed E-state index contributed by atoms with van der Waals surface area (Å²) in [5.41, 5.74) is 3.61. The lowest BCUT2D eigenvalue weighted by Gasteiger charge is -2.29. The fraction of sp³-hybridized carbons (Fsp3) is 0.500. The van der Waals surface area contributed by atoms with E-state index in [1.807, 2.05) is 20.8 Å². The van der Waals surface area contributed by atoms with Gasteiger partial charge in [-0.3, -0.25) is 5.43 Å². The molecule has 0 bridgehead atoms. The molecule has 1 amide bonds. The van der Waals surface area contributed by atoms with E-state index in [0.29, 0.717) is 25.3 Å². The standard InChI is InChI=1S/C22H28N6O2S2/c1-21(2,3)16-9-13-18(23-12-24-19(13)32-16)27-25-10-17-26-14-7-8-28(11-15(14)31-17)20(29)30-22(4,5)6/h9-10,12H,7-8,11H2,1-6H3,(H,23,24,27). The molecular weight excluding hydrogens is 444 g/mol. The summed E-state index contributed by atoms with van der Waals surface area (Å²) in [7, 11) is 0. The van der Waals surface area contributed by atoms with Crippen LogP contribution in [0, 0.1) is 0 Å². The summed E-state index contributed by atoms with van der Waals surface area (Å²) in [5, 5.41) is 6.12. The first-order valence-corrected chi connectivity index (χ1v) is 12.1. The average Bonchev–Trinajstić information content (AvgIpc) is 3.30. The van der Waals surface area contributed by atoms with Crippen molar-refractivity contribution in [3.8, 4) is 0 Å². The van der Waals surface area contributed by atoms with Crippen LogP contribution < -0.4 is 5.43 Å². The van der Waals surface area contributed by atoms with E-state index in [0.717, 1.165) is 25.8 Å². The Morgan fingerprint density at radius 1 is 1.22 bits per heavy atom. The predicted octanol–water partition coefficient (Wildman–Crippen LogP) is 5.18. The first-order valence-electron chi connectivity index (χ1n) is 10.5. The molecule has 3 aromatic heterocycles. The summed E-state index contributed by atoms with van der Waals surface area (Å²) in [6.07, 6.45) is 3.68. The molecule has 0 radical (unpaired) electrons. The molecule has 0 aliphatic carbocycles. The van der Waals surface area contributed by atoms with Crippen molar-refractivity contribution in [2.24, 2.45) is 5.10 Å². The monoisotopic (exact) mass is 472 g/mol. The van der Waals surface area contributed by atoms with Crippen molar-refractivity contribution in [3.63, 3.8) is 0 Å². The third-order valence-corrected chi connectivity index (χ3v) is 7.30. The lowest BCUT2D eigenvalue weighted by Crippen LogP contribution is -2.39. The highest BCUT2D eigenvalue weighted by Crippen LogP contribution is 2.35. The Morgan fingerprint density at radius 2 is 2.00 bits per heavy atom. The van der Waals surface area contributed by atoms with Crippen LogP contribution >= 0.6 is 22.7 Å². The average molecular weight is 473 g/mol. The van der Waals surface area contributed by atoms with Crippen LogP contribution in [0.4, 0.5) is 10.6 Å². The van der Waals surface area contributed by atoms with Crippen molar-refractivity contribution in [1.29, 1.82) is 0 Å². The third-order valence-electron chi connectivity index (χ3n) is 4.81. The van der Waals surface area contributed by atoms with E-state index >= 15 is 0 Å². The molecule has 0 atom stereocenters. The molecule has 0 saturated heterocycles. The maximum Gasteiger partial charge on any atom is 0.410 e. The van der Waals surface area contributed by atoms with Crippen LogP contribution in [0.5, 0.6) is 0 Å². The first kappa shape index (κ1) is 22.6. The van der Waals surface area contributed by atoms with Gasteiger partial charge in [-0.25, -0.2) is 19.7 Å². The fourth-order valence-corrected chi connectivity index (χ4v) is 5.27. The Bertz CT molecular complexity index is 1170. The van der Waals surface area contributed by atoms with Gasteiger partial charge in [-0.15, -0.1) is 22.7 Å². The number of ether oxygens (including phenoxy) is 1. The number of amides is 1. The van der Waals surface area contributed by atoms with Crippen molar-refractivity contribution >= 4 is 51.0 Å². The number of rotatable bonds is 3. The van der Waals surface area contributed by atoms with Gasteiger partial charge in [0, 0.05) is 22.7 Å². The molecule has 1 N–H and O–H groups in total. The van der Waals surface area contributed by atoms with Crippen LogP contribution in [0.2, 0.25) is 0 Å². The number of anilines is 1. The Hall–Kier alpha value is -2.59. The predicted molar refractivity (Wildman–Crippen MR) is 130 cm³/mol. The van der Waals surface area contributed by atoms with Crippen LogP contribution in [0.15, 0.2) is 17.5 Å². The van der Waals surface area contributed by atoms with Gasteiger partial charge in [0.2, 0.25) is 0 Å². The van der Waals surface area contributed by atoms with Crippen LogP contribution in [0.3, 0.4) is 0 Å². The Kier molecular flexibility index (Phi) is 5.93. The van der Waals surface area contributed by atoms with E-state index in [-0.39, 0.29) is 11.5 Å². The molecule has 0 spiro atoms. The van der Waals surface area contributed by atoms with Gasteiger partial charge in [0.05, 0.1) is 23.8 Å². The largest absolute Gasteiger partial charge is 0.444 e. The topological polar surface area (TPSA) is 92.6 Å². The van der Waals surface area contributed by atoms with Crippen molar-refractivity contribution in [1.82, 2.24) is 19.9 Å². The normalized spacial score (nSPS) is 14.8. The van der Waals surface area contributed by atoms with Crippen LogP contribution in [-0.2, 0) is 23.1 Å². The van der Waals surface area contributed by atoms with Gasteiger partial charge in [0.1, 0.15) is 21.8 Å². The second-order valence-electron chi connectivity index (χ2n) is 9.75. The molecule has 1 aliphatic heterocycles. The summed E-state index contributed by atoms with van der Waals surface area (Å²) in [6.45, 7) is 13.3. The number of fused-ring (bicyclic) bond motifs is 2. The number of carbonyl (C=O) groups excluding carboxylic acids is 1. The highest BCUT2D eigenvalue weighted by atomic mass is 32.1. The number of aromatic nitrogens is 3. The minimum absolute atomic E-state index is 0.0546. The lowest BCUT2D eigenvalue weighted by atomic mass is 9.94.